The van der Waals surface area contributed by atoms with E-state index < -0.39 is 0 Å². The standard InChI is InChI=1S/C18H22N4O3S/c1-11(2)19-16(23)7-22(3)8-18-21-14(10-26-18)12-4-5-15-13(6-12)20-17(24)9-25-15/h4-6,10-11H,7-9H2,1-3H3,(H,19,23)(H,20,24). The molecule has 0 aliphatic carbocycles. The number of benzene rings is 1. The summed E-state index contributed by atoms with van der Waals surface area (Å²) in [6.07, 6.45) is 0. The van der Waals surface area contributed by atoms with Gasteiger partial charge in [-0.25, -0.2) is 4.98 Å². The molecule has 3 rings (SSSR count). The van der Waals surface area contributed by atoms with Gasteiger partial charge in [0.2, 0.25) is 5.91 Å². The molecule has 8 heteroatoms. The molecule has 7 nitrogen and oxygen atoms in total. The fourth-order valence-electron chi connectivity index (χ4n) is 2.66. The van der Waals surface area contributed by atoms with Gasteiger partial charge in [0, 0.05) is 17.0 Å². The van der Waals surface area contributed by atoms with Gasteiger partial charge in [0.25, 0.3) is 5.91 Å². The highest BCUT2D eigenvalue weighted by atomic mass is 32.1. The predicted octanol–water partition coefficient (Wildman–Crippen LogP) is 2.10. The zero-order chi connectivity index (χ0) is 18.7. The second-order valence-electron chi connectivity index (χ2n) is 6.57. The summed E-state index contributed by atoms with van der Waals surface area (Å²) in [5.74, 6) is 0.513. The quantitative estimate of drug-likeness (QED) is 0.809. The number of nitrogens with one attached hydrogen (secondary N) is 2. The molecule has 0 unspecified atom stereocenters. The zero-order valence-corrected chi connectivity index (χ0v) is 15.9. The van der Waals surface area contributed by atoms with Gasteiger partial charge in [-0.1, -0.05) is 0 Å². The molecule has 0 radical (unpaired) electrons. The molecule has 1 aromatic carbocycles. The van der Waals surface area contributed by atoms with Gasteiger partial charge >= 0.3 is 0 Å². The van der Waals surface area contributed by atoms with Crippen LogP contribution in [0.15, 0.2) is 23.6 Å². The highest BCUT2D eigenvalue weighted by Crippen LogP contribution is 2.33. The van der Waals surface area contributed by atoms with Crippen molar-refractivity contribution in [2.45, 2.75) is 26.4 Å². The number of likely N-dealkylation sites (N-methyl/N-ethyl adjacent to an activating group) is 1. The SMILES string of the molecule is CC(C)NC(=O)CN(C)Cc1nc(-c2ccc3c(c2)NC(=O)CO3)cs1. The molecular formula is C18H22N4O3S. The molecule has 0 fully saturated rings. The molecule has 0 saturated heterocycles. The van der Waals surface area contributed by atoms with Crippen LogP contribution in [0.5, 0.6) is 5.75 Å². The lowest BCUT2D eigenvalue weighted by atomic mass is 10.1. The number of anilines is 1. The third-order valence-electron chi connectivity index (χ3n) is 3.73. The maximum absolute atomic E-state index is 11.8. The van der Waals surface area contributed by atoms with Crippen LogP contribution in [0.2, 0.25) is 0 Å². The summed E-state index contributed by atoms with van der Waals surface area (Å²) in [5.41, 5.74) is 2.42. The number of aromatic nitrogens is 1. The minimum Gasteiger partial charge on any atom is -0.482 e. The van der Waals surface area contributed by atoms with E-state index in [9.17, 15) is 9.59 Å². The molecule has 0 saturated carbocycles. The third kappa shape index (κ3) is 4.59. The van der Waals surface area contributed by atoms with E-state index >= 15 is 0 Å². The lowest BCUT2D eigenvalue weighted by Crippen LogP contribution is -2.38. The van der Waals surface area contributed by atoms with E-state index in [0.717, 1.165) is 16.3 Å². The fourth-order valence-corrected chi connectivity index (χ4v) is 3.54. The average Bonchev–Trinajstić information content (AvgIpc) is 3.01. The summed E-state index contributed by atoms with van der Waals surface area (Å²) in [4.78, 5) is 29.9. The molecule has 2 N–H and O–H groups in total. The molecule has 1 aliphatic heterocycles. The summed E-state index contributed by atoms with van der Waals surface area (Å²) in [7, 11) is 1.90. The number of fused-ring (bicyclic) bond motifs is 1. The molecule has 1 aliphatic rings. The second kappa shape index (κ2) is 7.84. The van der Waals surface area contributed by atoms with Crippen LogP contribution in [0.3, 0.4) is 0 Å². The van der Waals surface area contributed by atoms with Crippen LogP contribution in [0.4, 0.5) is 5.69 Å². The number of ether oxygens (including phenoxy) is 1. The Labute approximate surface area is 156 Å². The molecule has 26 heavy (non-hydrogen) atoms. The van der Waals surface area contributed by atoms with Crippen molar-refractivity contribution in [3.05, 3.63) is 28.6 Å². The van der Waals surface area contributed by atoms with Crippen LogP contribution >= 0.6 is 11.3 Å². The van der Waals surface area contributed by atoms with Crippen LogP contribution in [-0.2, 0) is 16.1 Å². The topological polar surface area (TPSA) is 83.6 Å². The van der Waals surface area contributed by atoms with Gasteiger partial charge in [-0.05, 0) is 39.1 Å². The largest absolute Gasteiger partial charge is 0.482 e. The molecular weight excluding hydrogens is 352 g/mol. The zero-order valence-electron chi connectivity index (χ0n) is 15.0. The van der Waals surface area contributed by atoms with Crippen molar-refractivity contribution < 1.29 is 14.3 Å². The first-order chi connectivity index (χ1) is 12.4. The molecule has 0 bridgehead atoms. The monoisotopic (exact) mass is 374 g/mol. The van der Waals surface area contributed by atoms with E-state index in [0.29, 0.717) is 24.5 Å². The first-order valence-corrected chi connectivity index (χ1v) is 9.28. The summed E-state index contributed by atoms with van der Waals surface area (Å²) in [6.45, 7) is 4.86. The molecule has 2 aromatic rings. The van der Waals surface area contributed by atoms with E-state index in [-0.39, 0.29) is 24.5 Å². The Morgan fingerprint density at radius 3 is 3.04 bits per heavy atom. The van der Waals surface area contributed by atoms with Gasteiger partial charge in [-0.15, -0.1) is 11.3 Å². The smallest absolute Gasteiger partial charge is 0.262 e. The maximum atomic E-state index is 11.8. The molecule has 0 spiro atoms. The average molecular weight is 374 g/mol. The number of thiazole rings is 1. The van der Waals surface area contributed by atoms with Crippen LogP contribution in [0.1, 0.15) is 18.9 Å². The summed E-state index contributed by atoms with van der Waals surface area (Å²) >= 11 is 1.55. The van der Waals surface area contributed by atoms with E-state index in [4.69, 9.17) is 4.74 Å². The summed E-state index contributed by atoms with van der Waals surface area (Å²) in [6, 6.07) is 5.77. The lowest BCUT2D eigenvalue weighted by Gasteiger charge is -2.18. The first kappa shape index (κ1) is 18.3. The van der Waals surface area contributed by atoms with E-state index in [1.54, 1.807) is 11.3 Å². The van der Waals surface area contributed by atoms with Crippen molar-refractivity contribution in [2.75, 3.05) is 25.5 Å². The number of hydrogen-bond acceptors (Lipinski definition) is 6. The number of rotatable bonds is 6. The Morgan fingerprint density at radius 1 is 1.46 bits per heavy atom. The number of hydrogen-bond donors (Lipinski definition) is 2. The van der Waals surface area contributed by atoms with E-state index in [1.807, 2.05) is 49.4 Å². The van der Waals surface area contributed by atoms with Crippen molar-refractivity contribution in [1.82, 2.24) is 15.2 Å². The highest BCUT2D eigenvalue weighted by molar-refractivity contribution is 7.09. The number of carbonyl (C=O) groups is 2. The Hall–Kier alpha value is -2.45. The molecule has 0 atom stereocenters. The maximum Gasteiger partial charge on any atom is 0.262 e. The Bertz CT molecular complexity index is 819. The minimum atomic E-state index is -0.157. The summed E-state index contributed by atoms with van der Waals surface area (Å²) < 4.78 is 5.37. The van der Waals surface area contributed by atoms with Gasteiger partial charge in [-0.2, -0.15) is 0 Å². The molecule has 2 amide bonds. The van der Waals surface area contributed by atoms with Crippen LogP contribution in [0.25, 0.3) is 11.3 Å². The Kier molecular flexibility index (Phi) is 5.53. The Morgan fingerprint density at radius 2 is 2.27 bits per heavy atom. The van der Waals surface area contributed by atoms with E-state index in [1.165, 1.54) is 0 Å². The van der Waals surface area contributed by atoms with Gasteiger partial charge in [0.15, 0.2) is 6.61 Å². The van der Waals surface area contributed by atoms with Crippen LogP contribution < -0.4 is 15.4 Å². The van der Waals surface area contributed by atoms with Crippen molar-refractivity contribution in [2.24, 2.45) is 0 Å². The van der Waals surface area contributed by atoms with Gasteiger partial charge < -0.3 is 15.4 Å². The van der Waals surface area contributed by atoms with Crippen LogP contribution in [0, 0.1) is 0 Å². The number of carbonyl (C=O) groups excluding carboxylic acids is 2. The first-order valence-electron chi connectivity index (χ1n) is 8.40. The normalized spacial score (nSPS) is 13.3. The number of amides is 2. The van der Waals surface area contributed by atoms with Gasteiger partial charge in [0.1, 0.15) is 10.8 Å². The third-order valence-corrected chi connectivity index (χ3v) is 4.56. The lowest BCUT2D eigenvalue weighted by molar-refractivity contribution is -0.122. The fraction of sp³-hybridized carbons (Fsp3) is 0.389. The van der Waals surface area contributed by atoms with Gasteiger partial charge in [0.05, 0.1) is 24.5 Å². The minimum absolute atomic E-state index is 0.00436. The van der Waals surface area contributed by atoms with Gasteiger partial charge in [-0.3, -0.25) is 14.5 Å². The van der Waals surface area contributed by atoms with E-state index in [2.05, 4.69) is 15.6 Å². The molecule has 138 valence electrons. The Balaban J connectivity index is 1.65. The van der Waals surface area contributed by atoms with Crippen molar-refractivity contribution >= 4 is 28.8 Å². The van der Waals surface area contributed by atoms with Crippen molar-refractivity contribution in [3.8, 4) is 17.0 Å². The molecule has 2 heterocycles. The number of nitrogens with zero attached hydrogens (tertiary/aromatic N) is 2. The van der Waals surface area contributed by atoms with Crippen LogP contribution in [-0.4, -0.2) is 47.9 Å². The van der Waals surface area contributed by atoms with Crippen molar-refractivity contribution in [3.63, 3.8) is 0 Å². The van der Waals surface area contributed by atoms with Crippen molar-refractivity contribution in [1.29, 1.82) is 0 Å². The molecule has 1 aromatic heterocycles. The second-order valence-corrected chi connectivity index (χ2v) is 7.51. The highest BCUT2D eigenvalue weighted by Gasteiger charge is 2.17. The predicted molar refractivity (Wildman–Crippen MR) is 101 cm³/mol. The summed E-state index contributed by atoms with van der Waals surface area (Å²) in [5, 5.41) is 8.59.